The van der Waals surface area contributed by atoms with E-state index in [9.17, 15) is 4.39 Å². The molecule has 0 bridgehead atoms. The molecule has 4 nitrogen and oxygen atoms in total. The Kier molecular flexibility index (Phi) is 5.18. The van der Waals surface area contributed by atoms with Gasteiger partial charge >= 0.3 is 0 Å². The summed E-state index contributed by atoms with van der Waals surface area (Å²) in [6.45, 7) is 5.33. The van der Waals surface area contributed by atoms with Gasteiger partial charge in [0.15, 0.2) is 12.5 Å². The second-order valence-corrected chi connectivity index (χ2v) is 7.74. The Morgan fingerprint density at radius 3 is 2.56 bits per heavy atom. The molecule has 3 aromatic rings. The number of nitrogens with one attached hydrogen (secondary N) is 1. The van der Waals surface area contributed by atoms with E-state index in [4.69, 9.17) is 17.3 Å². The molecule has 0 aliphatic carbocycles. The molecule has 2 heterocycles. The number of benzene rings is 2. The van der Waals surface area contributed by atoms with Crippen molar-refractivity contribution in [2.75, 3.05) is 13.1 Å². The zero-order valence-electron chi connectivity index (χ0n) is 15.4. The average molecular weight is 384 g/mol. The largest absolute Gasteiger partial charge is 0.316 e. The molecule has 1 aliphatic heterocycles. The Morgan fingerprint density at radius 2 is 1.85 bits per heavy atom. The minimum absolute atomic E-state index is 0.275. The van der Waals surface area contributed by atoms with Crippen molar-refractivity contribution >= 4 is 12.2 Å². The Labute approximate surface area is 163 Å². The Morgan fingerprint density at radius 1 is 1.11 bits per heavy atom. The maximum Gasteiger partial charge on any atom is 0.207 e. The average Bonchev–Trinajstić information content (AvgIpc) is 3.01. The summed E-state index contributed by atoms with van der Waals surface area (Å²) < 4.78 is 18.3. The molecule has 0 spiro atoms. The SMILES string of the molecule is CC1CC[NH+](Cn2nc(-c3cccc(F)c3)n(-c3ccccc3)c2=S)CC1. The van der Waals surface area contributed by atoms with Crippen LogP contribution in [0.2, 0.25) is 0 Å². The third-order valence-corrected chi connectivity index (χ3v) is 5.68. The number of likely N-dealkylation sites (tertiary alicyclic amines) is 1. The quantitative estimate of drug-likeness (QED) is 0.699. The molecule has 27 heavy (non-hydrogen) atoms. The van der Waals surface area contributed by atoms with Gasteiger partial charge in [-0.2, -0.15) is 4.68 Å². The van der Waals surface area contributed by atoms with Crippen LogP contribution in [-0.2, 0) is 6.67 Å². The van der Waals surface area contributed by atoms with Gasteiger partial charge in [-0.1, -0.05) is 37.3 Å². The molecule has 6 heteroatoms. The van der Waals surface area contributed by atoms with Crippen molar-refractivity contribution < 1.29 is 9.29 Å². The van der Waals surface area contributed by atoms with Gasteiger partial charge in [0, 0.05) is 11.3 Å². The topological polar surface area (TPSA) is 27.2 Å². The lowest BCUT2D eigenvalue weighted by Crippen LogP contribution is -3.12. The zero-order valence-corrected chi connectivity index (χ0v) is 16.3. The van der Waals surface area contributed by atoms with Gasteiger partial charge in [-0.05, 0) is 55.2 Å². The van der Waals surface area contributed by atoms with Crippen LogP contribution in [-0.4, -0.2) is 27.4 Å². The number of hydrogen-bond acceptors (Lipinski definition) is 2. The van der Waals surface area contributed by atoms with Crippen LogP contribution in [0.1, 0.15) is 19.8 Å². The highest BCUT2D eigenvalue weighted by molar-refractivity contribution is 7.71. The fourth-order valence-corrected chi connectivity index (χ4v) is 3.97. The molecule has 1 aromatic heterocycles. The molecule has 1 fully saturated rings. The number of hydrogen-bond donors (Lipinski definition) is 1. The fraction of sp³-hybridized carbons (Fsp3) is 0.333. The fourth-order valence-electron chi connectivity index (χ4n) is 3.68. The van der Waals surface area contributed by atoms with Crippen LogP contribution in [0.25, 0.3) is 17.1 Å². The molecule has 4 rings (SSSR count). The van der Waals surface area contributed by atoms with E-state index in [0.29, 0.717) is 10.6 Å². The number of halogens is 1. The van der Waals surface area contributed by atoms with Gasteiger partial charge in [-0.3, -0.25) is 4.57 Å². The predicted molar refractivity (Wildman–Crippen MR) is 107 cm³/mol. The van der Waals surface area contributed by atoms with Crippen molar-refractivity contribution in [3.05, 3.63) is 65.2 Å². The summed E-state index contributed by atoms with van der Waals surface area (Å²) in [4.78, 5) is 1.49. The number of piperidine rings is 1. The summed E-state index contributed by atoms with van der Waals surface area (Å²) in [7, 11) is 0. The van der Waals surface area contributed by atoms with Crippen molar-refractivity contribution in [2.45, 2.75) is 26.4 Å². The molecule has 140 valence electrons. The predicted octanol–water partition coefficient (Wildman–Crippen LogP) is 3.48. The van der Waals surface area contributed by atoms with Crippen molar-refractivity contribution in [3.8, 4) is 17.1 Å². The van der Waals surface area contributed by atoms with E-state index in [-0.39, 0.29) is 5.82 Å². The highest BCUT2D eigenvalue weighted by Gasteiger charge is 2.22. The third kappa shape index (κ3) is 3.87. The van der Waals surface area contributed by atoms with Gasteiger partial charge in [0.1, 0.15) is 5.82 Å². The van der Waals surface area contributed by atoms with E-state index in [1.54, 1.807) is 6.07 Å². The van der Waals surface area contributed by atoms with E-state index in [2.05, 4.69) is 6.92 Å². The molecular weight excluding hydrogens is 359 g/mol. The Hall–Kier alpha value is -2.31. The summed E-state index contributed by atoms with van der Waals surface area (Å²) in [6, 6.07) is 16.5. The van der Waals surface area contributed by atoms with Gasteiger partial charge in [0.05, 0.1) is 13.1 Å². The van der Waals surface area contributed by atoms with Crippen molar-refractivity contribution in [3.63, 3.8) is 0 Å². The first kappa shape index (κ1) is 18.1. The van der Waals surface area contributed by atoms with Crippen LogP contribution in [0.3, 0.4) is 0 Å². The first-order valence-corrected chi connectivity index (χ1v) is 9.87. The number of aromatic nitrogens is 3. The lowest BCUT2D eigenvalue weighted by Gasteiger charge is -2.26. The van der Waals surface area contributed by atoms with Crippen LogP contribution in [0.15, 0.2) is 54.6 Å². The van der Waals surface area contributed by atoms with Crippen molar-refractivity contribution in [1.82, 2.24) is 14.3 Å². The third-order valence-electron chi connectivity index (χ3n) is 5.29. The van der Waals surface area contributed by atoms with E-state index >= 15 is 0 Å². The molecule has 0 amide bonds. The van der Waals surface area contributed by atoms with Gasteiger partial charge in [0.2, 0.25) is 4.77 Å². The highest BCUT2D eigenvalue weighted by Crippen LogP contribution is 2.23. The number of nitrogens with zero attached hydrogens (tertiary/aromatic N) is 3. The second kappa shape index (κ2) is 7.74. The molecule has 1 N–H and O–H groups in total. The van der Waals surface area contributed by atoms with Crippen LogP contribution < -0.4 is 4.90 Å². The number of quaternary nitrogens is 1. The first-order valence-electron chi connectivity index (χ1n) is 9.46. The lowest BCUT2D eigenvalue weighted by molar-refractivity contribution is -0.929. The van der Waals surface area contributed by atoms with Gasteiger partial charge in [-0.15, -0.1) is 5.10 Å². The minimum atomic E-state index is -0.275. The molecule has 2 aromatic carbocycles. The summed E-state index contributed by atoms with van der Waals surface area (Å²) in [5.41, 5.74) is 1.67. The molecule has 1 saturated heterocycles. The summed E-state index contributed by atoms with van der Waals surface area (Å²) in [5.74, 6) is 1.20. The Balaban J connectivity index is 1.76. The first-order chi connectivity index (χ1) is 13.1. The van der Waals surface area contributed by atoms with Crippen molar-refractivity contribution in [1.29, 1.82) is 0 Å². The Bertz CT molecular complexity index is 971. The molecule has 0 atom stereocenters. The maximum atomic E-state index is 13.8. The smallest absolute Gasteiger partial charge is 0.207 e. The lowest BCUT2D eigenvalue weighted by atomic mass is 10.00. The monoisotopic (exact) mass is 383 g/mol. The van der Waals surface area contributed by atoms with E-state index < -0.39 is 0 Å². The standard InChI is InChI=1S/C21H23FN4S/c1-16-10-12-24(13-11-16)15-25-21(27)26(19-8-3-2-4-9-19)20(23-25)17-6-5-7-18(22)14-17/h2-9,14,16H,10-13,15H2,1H3/p+1. The molecular formula is C21H24FN4S+. The molecule has 0 unspecified atom stereocenters. The summed E-state index contributed by atoms with van der Waals surface area (Å²) in [6.07, 6.45) is 2.47. The van der Waals surface area contributed by atoms with Gasteiger partial charge in [-0.25, -0.2) is 4.39 Å². The van der Waals surface area contributed by atoms with Gasteiger partial charge < -0.3 is 4.90 Å². The molecule has 0 radical (unpaired) electrons. The molecule has 0 saturated carbocycles. The molecule has 1 aliphatic rings. The summed E-state index contributed by atoms with van der Waals surface area (Å²) in [5, 5.41) is 4.80. The van der Waals surface area contributed by atoms with Crippen molar-refractivity contribution in [2.24, 2.45) is 5.92 Å². The summed E-state index contributed by atoms with van der Waals surface area (Å²) >= 11 is 5.78. The normalized spacial score (nSPS) is 19.9. The van der Waals surface area contributed by atoms with Crippen LogP contribution in [0.5, 0.6) is 0 Å². The van der Waals surface area contributed by atoms with Crippen LogP contribution in [0, 0.1) is 16.5 Å². The zero-order chi connectivity index (χ0) is 18.8. The van der Waals surface area contributed by atoms with Crippen LogP contribution in [0.4, 0.5) is 4.39 Å². The van der Waals surface area contributed by atoms with E-state index in [1.807, 2.05) is 45.6 Å². The maximum absolute atomic E-state index is 13.8. The van der Waals surface area contributed by atoms with E-state index in [1.165, 1.54) is 29.9 Å². The van der Waals surface area contributed by atoms with E-state index in [0.717, 1.165) is 36.9 Å². The highest BCUT2D eigenvalue weighted by atomic mass is 32.1. The number of rotatable bonds is 4. The second-order valence-electron chi connectivity index (χ2n) is 7.38. The van der Waals surface area contributed by atoms with Gasteiger partial charge in [0.25, 0.3) is 0 Å². The van der Waals surface area contributed by atoms with Crippen LogP contribution >= 0.6 is 12.2 Å². The number of para-hydroxylation sites is 1. The minimum Gasteiger partial charge on any atom is -0.316 e.